The van der Waals surface area contributed by atoms with Gasteiger partial charge in [0.25, 0.3) is 0 Å². The molecule has 0 unspecified atom stereocenters. The summed E-state index contributed by atoms with van der Waals surface area (Å²) in [7, 11) is 0. The number of halogens is 3. The Bertz CT molecular complexity index is 763. The zero-order chi connectivity index (χ0) is 19.5. The van der Waals surface area contributed by atoms with Crippen LogP contribution >= 0.6 is 0 Å². The van der Waals surface area contributed by atoms with Gasteiger partial charge in [-0.2, -0.15) is 13.2 Å². The van der Waals surface area contributed by atoms with Gasteiger partial charge >= 0.3 is 6.18 Å². The molecule has 0 aliphatic rings. The summed E-state index contributed by atoms with van der Waals surface area (Å²) in [6, 6.07) is 7.78. The minimum atomic E-state index is -4.59. The van der Waals surface area contributed by atoms with Crippen molar-refractivity contribution in [2.45, 2.75) is 31.4 Å². The van der Waals surface area contributed by atoms with E-state index in [0.717, 1.165) is 6.92 Å². The second-order valence-corrected chi connectivity index (χ2v) is 6.30. The van der Waals surface area contributed by atoms with E-state index < -0.39 is 11.6 Å². The highest BCUT2D eigenvalue weighted by atomic mass is 19.4. The minimum Gasteiger partial charge on any atom is -0.508 e. The molecule has 0 aliphatic heterocycles. The maximum atomic E-state index is 14.1. The molecular formula is C21H21F3O2. The van der Waals surface area contributed by atoms with E-state index >= 15 is 0 Å². The van der Waals surface area contributed by atoms with Crippen LogP contribution in [-0.4, -0.2) is 16.4 Å². The van der Waals surface area contributed by atoms with Crippen molar-refractivity contribution in [3.8, 4) is 11.5 Å². The lowest BCUT2D eigenvalue weighted by molar-refractivity contribution is -0.173. The third-order valence-electron chi connectivity index (χ3n) is 4.61. The molecule has 0 radical (unpaired) electrons. The monoisotopic (exact) mass is 362 g/mol. The van der Waals surface area contributed by atoms with Gasteiger partial charge in [-0.15, -0.1) is 13.2 Å². The van der Waals surface area contributed by atoms with Crippen LogP contribution in [0.2, 0.25) is 0 Å². The molecule has 0 atom stereocenters. The molecule has 5 heteroatoms. The largest absolute Gasteiger partial charge is 0.508 e. The van der Waals surface area contributed by atoms with Crippen LogP contribution < -0.4 is 0 Å². The molecule has 0 fully saturated rings. The summed E-state index contributed by atoms with van der Waals surface area (Å²) in [5.41, 5.74) is -1.54. The second-order valence-electron chi connectivity index (χ2n) is 6.30. The average molecular weight is 362 g/mol. The van der Waals surface area contributed by atoms with Gasteiger partial charge in [0.1, 0.15) is 16.9 Å². The predicted octanol–water partition coefficient (Wildman–Crippen LogP) is 5.42. The highest BCUT2D eigenvalue weighted by Crippen LogP contribution is 2.47. The van der Waals surface area contributed by atoms with Crippen LogP contribution in [0.5, 0.6) is 11.5 Å². The molecule has 0 aliphatic carbocycles. The van der Waals surface area contributed by atoms with E-state index in [1.165, 1.54) is 48.6 Å². The zero-order valence-electron chi connectivity index (χ0n) is 14.5. The number of alkyl halides is 3. The maximum Gasteiger partial charge on any atom is 0.402 e. The maximum absolute atomic E-state index is 14.1. The van der Waals surface area contributed by atoms with Crippen molar-refractivity contribution in [3.63, 3.8) is 0 Å². The SMILES string of the molecule is C=CCc1cc(C(C)(c2ccc(O)c(CC=C)c2)C(F)(F)F)ccc1O. The van der Waals surface area contributed by atoms with Crippen LogP contribution in [-0.2, 0) is 18.3 Å². The van der Waals surface area contributed by atoms with E-state index in [0.29, 0.717) is 11.1 Å². The molecule has 2 rings (SSSR count). The summed E-state index contributed by atoms with van der Waals surface area (Å²) in [6.45, 7) is 8.23. The Kier molecular flexibility index (Phi) is 5.50. The van der Waals surface area contributed by atoms with Crippen molar-refractivity contribution >= 4 is 0 Å². The van der Waals surface area contributed by atoms with Crippen molar-refractivity contribution in [1.82, 2.24) is 0 Å². The summed E-state index contributed by atoms with van der Waals surface area (Å²) in [6.07, 6.45) is -1.04. The Hall–Kier alpha value is -2.69. The average Bonchev–Trinajstić information content (AvgIpc) is 2.57. The van der Waals surface area contributed by atoms with Crippen molar-refractivity contribution < 1.29 is 23.4 Å². The number of aromatic hydroxyl groups is 2. The molecule has 0 bridgehead atoms. The number of hydrogen-bond acceptors (Lipinski definition) is 2. The molecule has 0 amide bonds. The predicted molar refractivity (Wildman–Crippen MR) is 96.5 cm³/mol. The van der Waals surface area contributed by atoms with E-state index in [1.807, 2.05) is 0 Å². The molecule has 2 N–H and O–H groups in total. The lowest BCUT2D eigenvalue weighted by Crippen LogP contribution is -2.40. The molecule has 26 heavy (non-hydrogen) atoms. The first-order valence-electron chi connectivity index (χ1n) is 8.08. The van der Waals surface area contributed by atoms with Crippen molar-refractivity contribution in [2.75, 3.05) is 0 Å². The highest BCUT2D eigenvalue weighted by Gasteiger charge is 2.53. The Balaban J connectivity index is 2.71. The van der Waals surface area contributed by atoms with Crippen molar-refractivity contribution in [2.24, 2.45) is 0 Å². The van der Waals surface area contributed by atoms with Crippen LogP contribution in [0.25, 0.3) is 0 Å². The summed E-state index contributed by atoms with van der Waals surface area (Å²) in [4.78, 5) is 0. The first-order valence-corrected chi connectivity index (χ1v) is 8.08. The van der Waals surface area contributed by atoms with Crippen LogP contribution in [0.1, 0.15) is 29.2 Å². The van der Waals surface area contributed by atoms with E-state index in [4.69, 9.17) is 0 Å². The molecule has 0 heterocycles. The third-order valence-corrected chi connectivity index (χ3v) is 4.61. The standard InChI is InChI=1S/C21H21F3O2/c1-4-6-14-12-16(8-10-18(14)25)20(3,21(22,23)24)17-9-11-19(26)15(13-17)7-5-2/h4-5,8-13,25-26H,1-2,6-7H2,3H3. The number of phenolic OH excluding ortho intramolecular Hbond substituents is 2. The normalized spacial score (nSPS) is 12.0. The molecule has 0 saturated carbocycles. The summed E-state index contributed by atoms with van der Waals surface area (Å²) < 4.78 is 42.4. The van der Waals surface area contributed by atoms with Gasteiger partial charge in [-0.25, -0.2) is 0 Å². The molecule has 2 nitrogen and oxygen atoms in total. The highest BCUT2D eigenvalue weighted by molar-refractivity contribution is 5.49. The second kappa shape index (κ2) is 7.28. The van der Waals surface area contributed by atoms with E-state index in [-0.39, 0.29) is 35.5 Å². The molecule has 0 spiro atoms. The van der Waals surface area contributed by atoms with Gasteiger partial charge in [0.05, 0.1) is 0 Å². The van der Waals surface area contributed by atoms with Gasteiger partial charge in [-0.05, 0) is 54.2 Å². The molecule has 0 saturated heterocycles. The minimum absolute atomic E-state index is 0.00916. The smallest absolute Gasteiger partial charge is 0.402 e. The van der Waals surface area contributed by atoms with Crippen LogP contribution in [0.4, 0.5) is 13.2 Å². The van der Waals surface area contributed by atoms with Crippen LogP contribution in [0.3, 0.4) is 0 Å². The first-order chi connectivity index (χ1) is 12.1. The van der Waals surface area contributed by atoms with Gasteiger partial charge in [0.2, 0.25) is 0 Å². The summed E-state index contributed by atoms with van der Waals surface area (Å²) in [5.74, 6) is -0.146. The fraction of sp³-hybridized carbons (Fsp3) is 0.238. The molecule has 138 valence electrons. The Morgan fingerprint density at radius 3 is 1.54 bits per heavy atom. The quantitative estimate of drug-likeness (QED) is 0.674. The van der Waals surface area contributed by atoms with E-state index in [2.05, 4.69) is 13.2 Å². The first kappa shape index (κ1) is 19.6. The Morgan fingerprint density at radius 1 is 0.846 bits per heavy atom. The molecule has 0 aromatic heterocycles. The molecule has 2 aromatic rings. The topological polar surface area (TPSA) is 40.5 Å². The number of hydrogen-bond donors (Lipinski definition) is 2. The van der Waals surface area contributed by atoms with Crippen molar-refractivity contribution in [3.05, 3.63) is 84.0 Å². The van der Waals surface area contributed by atoms with Gasteiger partial charge in [-0.1, -0.05) is 36.4 Å². The zero-order valence-corrected chi connectivity index (χ0v) is 14.5. The number of phenols is 2. The lowest BCUT2D eigenvalue weighted by Gasteiger charge is -2.34. The number of rotatable bonds is 6. The van der Waals surface area contributed by atoms with Crippen molar-refractivity contribution in [1.29, 1.82) is 0 Å². The van der Waals surface area contributed by atoms with Gasteiger partial charge < -0.3 is 10.2 Å². The van der Waals surface area contributed by atoms with E-state index in [1.54, 1.807) is 0 Å². The number of allylic oxidation sites excluding steroid dienone is 2. The molecule has 2 aromatic carbocycles. The van der Waals surface area contributed by atoms with E-state index in [9.17, 15) is 23.4 Å². The lowest BCUT2D eigenvalue weighted by atomic mass is 9.74. The Morgan fingerprint density at radius 2 is 1.23 bits per heavy atom. The third kappa shape index (κ3) is 3.47. The van der Waals surface area contributed by atoms with Crippen LogP contribution in [0, 0.1) is 0 Å². The fourth-order valence-corrected chi connectivity index (χ4v) is 2.93. The number of benzene rings is 2. The van der Waals surface area contributed by atoms with Gasteiger partial charge in [-0.3, -0.25) is 0 Å². The summed E-state index contributed by atoms with van der Waals surface area (Å²) >= 11 is 0. The summed E-state index contributed by atoms with van der Waals surface area (Å²) in [5, 5.41) is 19.8. The molecular weight excluding hydrogens is 341 g/mol. The Labute approximate surface area is 150 Å². The van der Waals surface area contributed by atoms with Crippen LogP contribution in [0.15, 0.2) is 61.7 Å². The van der Waals surface area contributed by atoms with Gasteiger partial charge in [0.15, 0.2) is 0 Å². The van der Waals surface area contributed by atoms with Gasteiger partial charge in [0, 0.05) is 0 Å². The fourth-order valence-electron chi connectivity index (χ4n) is 2.93.